The molecule has 1 N–H and O–H groups in total. The topological polar surface area (TPSA) is 159 Å². The maximum atomic E-state index is 12.5. The minimum atomic E-state index is -0.477. The van der Waals surface area contributed by atoms with Gasteiger partial charge in [-0.2, -0.15) is 0 Å². The number of benzene rings is 2. The standard InChI is InChI=1S/C21H17N7O5S2/c1-2-26-19(14-6-4-8-16(10-14)28(32)33)24-25-21(26)35-12-18(29)23-20-22-17(11-34-20)13-5-3-7-15(9-13)27(30)31/h3-11H,2,12H2,1H3,(H,22,23,29). The van der Waals surface area contributed by atoms with Crippen LogP contribution >= 0.6 is 23.1 Å². The highest BCUT2D eigenvalue weighted by atomic mass is 32.2. The van der Waals surface area contributed by atoms with Crippen LogP contribution < -0.4 is 5.32 Å². The summed E-state index contributed by atoms with van der Waals surface area (Å²) in [6.07, 6.45) is 0. The summed E-state index contributed by atoms with van der Waals surface area (Å²) >= 11 is 2.39. The second-order valence-electron chi connectivity index (χ2n) is 7.04. The van der Waals surface area contributed by atoms with Gasteiger partial charge in [0.15, 0.2) is 16.1 Å². The fourth-order valence-corrected chi connectivity index (χ4v) is 4.72. The molecule has 0 radical (unpaired) electrons. The SMILES string of the molecule is CCn1c(SCC(=O)Nc2nc(-c3cccc([N+](=O)[O-])c3)cs2)nnc1-c1cccc([N+](=O)[O-])c1. The number of carbonyl (C=O) groups is 1. The van der Waals surface area contributed by atoms with Crippen LogP contribution in [0.1, 0.15) is 6.92 Å². The van der Waals surface area contributed by atoms with Crippen molar-refractivity contribution in [1.82, 2.24) is 19.7 Å². The number of thioether (sulfide) groups is 1. The Morgan fingerprint density at radius 3 is 2.37 bits per heavy atom. The van der Waals surface area contributed by atoms with E-state index in [0.717, 1.165) is 0 Å². The van der Waals surface area contributed by atoms with E-state index in [0.29, 0.717) is 39.5 Å². The van der Waals surface area contributed by atoms with Crippen molar-refractivity contribution in [2.75, 3.05) is 11.1 Å². The van der Waals surface area contributed by atoms with Crippen molar-refractivity contribution in [1.29, 1.82) is 0 Å². The van der Waals surface area contributed by atoms with Crippen molar-refractivity contribution < 1.29 is 14.6 Å². The predicted molar refractivity (Wildman–Crippen MR) is 131 cm³/mol. The molecular weight excluding hydrogens is 494 g/mol. The number of hydrogen-bond acceptors (Lipinski definition) is 10. The second kappa shape index (κ2) is 10.4. The highest BCUT2D eigenvalue weighted by Gasteiger charge is 2.17. The zero-order chi connectivity index (χ0) is 24.9. The van der Waals surface area contributed by atoms with Crippen molar-refractivity contribution >= 4 is 45.5 Å². The molecule has 0 fully saturated rings. The van der Waals surface area contributed by atoms with E-state index in [9.17, 15) is 25.0 Å². The van der Waals surface area contributed by atoms with Gasteiger partial charge in [0.05, 0.1) is 21.3 Å². The molecule has 2 heterocycles. The third kappa shape index (κ3) is 5.50. The molecular formula is C21H17N7O5S2. The average Bonchev–Trinajstić information content (AvgIpc) is 3.49. The van der Waals surface area contributed by atoms with Gasteiger partial charge < -0.3 is 9.88 Å². The lowest BCUT2D eigenvalue weighted by Crippen LogP contribution is -2.14. The molecule has 2 aromatic heterocycles. The van der Waals surface area contributed by atoms with Crippen LogP contribution in [0.4, 0.5) is 16.5 Å². The van der Waals surface area contributed by atoms with Crippen molar-refractivity contribution in [2.24, 2.45) is 0 Å². The van der Waals surface area contributed by atoms with Gasteiger partial charge in [0.1, 0.15) is 0 Å². The lowest BCUT2D eigenvalue weighted by molar-refractivity contribution is -0.385. The largest absolute Gasteiger partial charge is 0.302 e. The first-order valence-electron chi connectivity index (χ1n) is 10.2. The molecule has 1 amide bonds. The molecule has 2 aromatic carbocycles. The van der Waals surface area contributed by atoms with Crippen LogP contribution in [0.15, 0.2) is 59.1 Å². The molecule has 0 aliphatic carbocycles. The normalized spacial score (nSPS) is 10.8. The number of carbonyl (C=O) groups excluding carboxylic acids is 1. The number of hydrogen-bond donors (Lipinski definition) is 1. The van der Waals surface area contributed by atoms with Gasteiger partial charge in [0.2, 0.25) is 5.91 Å². The third-order valence-corrected chi connectivity index (χ3v) is 6.51. The molecule has 0 unspecified atom stereocenters. The van der Waals surface area contributed by atoms with Gasteiger partial charge in [0.25, 0.3) is 11.4 Å². The highest BCUT2D eigenvalue weighted by Crippen LogP contribution is 2.29. The number of thiazole rings is 1. The number of nitrogens with zero attached hydrogens (tertiary/aromatic N) is 6. The molecule has 0 aliphatic rings. The summed E-state index contributed by atoms with van der Waals surface area (Å²) in [6, 6.07) is 12.2. The van der Waals surface area contributed by atoms with Crippen molar-refractivity contribution in [3.63, 3.8) is 0 Å². The Morgan fingerprint density at radius 1 is 1.06 bits per heavy atom. The molecule has 0 bridgehead atoms. The number of amides is 1. The number of nitro groups is 2. The van der Waals surface area contributed by atoms with Crippen molar-refractivity contribution in [3.05, 3.63) is 74.1 Å². The van der Waals surface area contributed by atoms with E-state index in [2.05, 4.69) is 20.5 Å². The molecule has 0 atom stereocenters. The van der Waals surface area contributed by atoms with E-state index in [-0.39, 0.29) is 23.0 Å². The molecule has 4 rings (SSSR count). The van der Waals surface area contributed by atoms with E-state index in [4.69, 9.17) is 0 Å². The number of nitro benzene ring substituents is 2. The molecule has 0 saturated carbocycles. The van der Waals surface area contributed by atoms with Gasteiger partial charge in [-0.25, -0.2) is 4.98 Å². The number of rotatable bonds is 9. The Kier molecular flexibility index (Phi) is 7.12. The maximum absolute atomic E-state index is 12.5. The van der Waals surface area contributed by atoms with E-state index in [1.807, 2.05) is 6.92 Å². The first-order valence-corrected chi connectivity index (χ1v) is 12.0. The lowest BCUT2D eigenvalue weighted by Gasteiger charge is -2.07. The first kappa shape index (κ1) is 24.0. The van der Waals surface area contributed by atoms with Gasteiger partial charge in [-0.05, 0) is 6.92 Å². The van der Waals surface area contributed by atoms with Crippen molar-refractivity contribution in [2.45, 2.75) is 18.6 Å². The summed E-state index contributed by atoms with van der Waals surface area (Å²) in [6.45, 7) is 2.40. The zero-order valence-electron chi connectivity index (χ0n) is 18.2. The third-order valence-electron chi connectivity index (χ3n) is 4.78. The van der Waals surface area contributed by atoms with Crippen LogP contribution in [0.3, 0.4) is 0 Å². The Hall–Kier alpha value is -4.17. The molecule has 4 aromatic rings. The smallest absolute Gasteiger partial charge is 0.270 e. The minimum absolute atomic E-state index is 0.0398. The summed E-state index contributed by atoms with van der Waals surface area (Å²) in [5.41, 5.74) is 1.57. The predicted octanol–water partition coefficient (Wildman–Crippen LogP) is 4.64. The molecule has 0 spiro atoms. The summed E-state index contributed by atoms with van der Waals surface area (Å²) in [4.78, 5) is 37.9. The minimum Gasteiger partial charge on any atom is -0.302 e. The number of non-ortho nitro benzene ring substituents is 2. The summed E-state index contributed by atoms with van der Waals surface area (Å²) in [7, 11) is 0. The Labute approximate surface area is 206 Å². The van der Waals surface area contributed by atoms with Gasteiger partial charge in [0, 0.05) is 47.3 Å². The first-order chi connectivity index (χ1) is 16.9. The van der Waals surface area contributed by atoms with Crippen LogP contribution in [0.2, 0.25) is 0 Å². The van der Waals surface area contributed by atoms with Gasteiger partial charge >= 0.3 is 0 Å². The quantitative estimate of drug-likeness (QED) is 0.192. The maximum Gasteiger partial charge on any atom is 0.270 e. The Bertz CT molecular complexity index is 1420. The molecule has 12 nitrogen and oxygen atoms in total. The number of aromatic nitrogens is 4. The number of anilines is 1. The summed E-state index contributed by atoms with van der Waals surface area (Å²) in [5.74, 6) is 0.205. The van der Waals surface area contributed by atoms with Crippen LogP contribution in [-0.2, 0) is 11.3 Å². The average molecular weight is 512 g/mol. The van der Waals surface area contributed by atoms with Gasteiger partial charge in [-0.1, -0.05) is 36.0 Å². The Morgan fingerprint density at radius 2 is 1.71 bits per heavy atom. The van der Waals surface area contributed by atoms with Gasteiger partial charge in [-0.15, -0.1) is 21.5 Å². The Balaban J connectivity index is 1.42. The summed E-state index contributed by atoms with van der Waals surface area (Å²) < 4.78 is 1.78. The van der Waals surface area contributed by atoms with Crippen LogP contribution in [-0.4, -0.2) is 41.3 Å². The molecule has 178 valence electrons. The van der Waals surface area contributed by atoms with Crippen LogP contribution in [0.5, 0.6) is 0 Å². The van der Waals surface area contributed by atoms with E-state index in [1.165, 1.54) is 47.4 Å². The van der Waals surface area contributed by atoms with Crippen molar-refractivity contribution in [3.8, 4) is 22.6 Å². The molecule has 14 heteroatoms. The monoisotopic (exact) mass is 511 g/mol. The van der Waals surface area contributed by atoms with Crippen LogP contribution in [0.25, 0.3) is 22.6 Å². The van der Waals surface area contributed by atoms with E-state index in [1.54, 1.807) is 34.2 Å². The fraction of sp³-hybridized carbons (Fsp3) is 0.143. The highest BCUT2D eigenvalue weighted by molar-refractivity contribution is 7.99. The molecule has 0 saturated heterocycles. The second-order valence-corrected chi connectivity index (χ2v) is 8.84. The van der Waals surface area contributed by atoms with Crippen LogP contribution in [0, 0.1) is 20.2 Å². The fourth-order valence-electron chi connectivity index (χ4n) is 3.18. The van der Waals surface area contributed by atoms with E-state index >= 15 is 0 Å². The lowest BCUT2D eigenvalue weighted by atomic mass is 10.1. The number of nitrogens with one attached hydrogen (secondary N) is 1. The zero-order valence-corrected chi connectivity index (χ0v) is 19.8. The van der Waals surface area contributed by atoms with E-state index < -0.39 is 9.85 Å². The molecule has 35 heavy (non-hydrogen) atoms. The van der Waals surface area contributed by atoms with Gasteiger partial charge in [-0.3, -0.25) is 25.0 Å². The summed E-state index contributed by atoms with van der Waals surface area (Å²) in [5, 5.41) is 35.7. The molecule has 0 aliphatic heterocycles.